The van der Waals surface area contributed by atoms with Crippen LogP contribution in [0.2, 0.25) is 0 Å². The second kappa shape index (κ2) is 4.63. The minimum absolute atomic E-state index is 0.416. The smallest absolute Gasteiger partial charge is 0.0700 e. The van der Waals surface area contributed by atoms with Crippen LogP contribution in [0, 0.1) is 5.92 Å². The molecule has 1 heterocycles. The molecule has 0 aromatic carbocycles. The highest BCUT2D eigenvalue weighted by Gasteiger charge is 2.27. The first kappa shape index (κ1) is 10.4. The van der Waals surface area contributed by atoms with Gasteiger partial charge in [0, 0.05) is 18.7 Å². The van der Waals surface area contributed by atoms with Crippen LogP contribution in [0.15, 0.2) is 0 Å². The Hall–Kier alpha value is -0.0800. The zero-order valence-corrected chi connectivity index (χ0v) is 9.46. The number of rotatable bonds is 4. The van der Waals surface area contributed by atoms with Crippen molar-refractivity contribution in [1.82, 2.24) is 5.32 Å². The topological polar surface area (TPSA) is 21.3 Å². The standard InChI is InChI=1S/C12H23NO/c1-9(8-11-4-3-5-11)13-12-6-7-14-10(12)2/h9-13H,3-8H2,1-2H3. The van der Waals surface area contributed by atoms with Gasteiger partial charge in [-0.1, -0.05) is 19.3 Å². The van der Waals surface area contributed by atoms with Crippen LogP contribution in [-0.4, -0.2) is 24.8 Å². The minimum atomic E-state index is 0.416. The average Bonchev–Trinajstić information content (AvgIpc) is 2.45. The molecule has 82 valence electrons. The van der Waals surface area contributed by atoms with E-state index in [1.807, 2.05) is 0 Å². The molecule has 2 aliphatic rings. The van der Waals surface area contributed by atoms with Gasteiger partial charge in [-0.3, -0.25) is 0 Å². The molecule has 1 saturated heterocycles. The Labute approximate surface area is 87.4 Å². The molecule has 1 aliphatic heterocycles. The van der Waals surface area contributed by atoms with Crippen molar-refractivity contribution in [2.24, 2.45) is 5.92 Å². The molecule has 2 heteroatoms. The normalized spacial score (nSPS) is 35.6. The fraction of sp³-hybridized carbons (Fsp3) is 1.00. The molecule has 0 aromatic heterocycles. The molecule has 2 nitrogen and oxygen atoms in total. The Bertz CT molecular complexity index is 179. The van der Waals surface area contributed by atoms with E-state index in [1.165, 1.54) is 32.1 Å². The summed E-state index contributed by atoms with van der Waals surface area (Å²) < 4.78 is 5.55. The third-order valence-electron chi connectivity index (χ3n) is 3.79. The van der Waals surface area contributed by atoms with Crippen molar-refractivity contribution in [1.29, 1.82) is 0 Å². The molecule has 3 atom stereocenters. The van der Waals surface area contributed by atoms with E-state index in [2.05, 4.69) is 19.2 Å². The lowest BCUT2D eigenvalue weighted by Gasteiger charge is -2.30. The Kier molecular flexibility index (Phi) is 3.45. The van der Waals surface area contributed by atoms with E-state index in [-0.39, 0.29) is 0 Å². The van der Waals surface area contributed by atoms with Gasteiger partial charge < -0.3 is 10.1 Å². The van der Waals surface area contributed by atoms with Crippen LogP contribution in [-0.2, 0) is 4.74 Å². The van der Waals surface area contributed by atoms with Crippen molar-refractivity contribution in [2.75, 3.05) is 6.61 Å². The number of ether oxygens (including phenoxy) is 1. The summed E-state index contributed by atoms with van der Waals surface area (Å²) in [5.41, 5.74) is 0. The van der Waals surface area contributed by atoms with Crippen LogP contribution in [0.5, 0.6) is 0 Å². The summed E-state index contributed by atoms with van der Waals surface area (Å²) in [7, 11) is 0. The molecule has 1 aliphatic carbocycles. The quantitative estimate of drug-likeness (QED) is 0.747. The summed E-state index contributed by atoms with van der Waals surface area (Å²) >= 11 is 0. The Morgan fingerprint density at radius 3 is 2.64 bits per heavy atom. The largest absolute Gasteiger partial charge is 0.377 e. The summed E-state index contributed by atoms with van der Waals surface area (Å²) in [4.78, 5) is 0. The van der Waals surface area contributed by atoms with Gasteiger partial charge in [0.25, 0.3) is 0 Å². The van der Waals surface area contributed by atoms with Gasteiger partial charge in [0.1, 0.15) is 0 Å². The predicted octanol–water partition coefficient (Wildman–Crippen LogP) is 2.33. The van der Waals surface area contributed by atoms with E-state index in [1.54, 1.807) is 0 Å². The number of hydrogen-bond acceptors (Lipinski definition) is 2. The van der Waals surface area contributed by atoms with Crippen LogP contribution in [0.25, 0.3) is 0 Å². The SMILES string of the molecule is CC(CC1CCC1)NC1CCOC1C. The summed E-state index contributed by atoms with van der Waals surface area (Å²) in [5, 5.41) is 3.70. The Morgan fingerprint density at radius 1 is 1.36 bits per heavy atom. The Balaban J connectivity index is 1.67. The van der Waals surface area contributed by atoms with Crippen molar-refractivity contribution in [3.05, 3.63) is 0 Å². The summed E-state index contributed by atoms with van der Waals surface area (Å²) in [6, 6.07) is 1.28. The van der Waals surface area contributed by atoms with Crippen molar-refractivity contribution in [2.45, 2.75) is 64.1 Å². The maximum Gasteiger partial charge on any atom is 0.0700 e. The van der Waals surface area contributed by atoms with E-state index in [0.29, 0.717) is 18.2 Å². The van der Waals surface area contributed by atoms with Gasteiger partial charge in [0.05, 0.1) is 6.10 Å². The van der Waals surface area contributed by atoms with Gasteiger partial charge in [-0.25, -0.2) is 0 Å². The van der Waals surface area contributed by atoms with Crippen LogP contribution >= 0.6 is 0 Å². The summed E-state index contributed by atoms with van der Waals surface area (Å²) in [6.07, 6.45) is 7.35. The first-order valence-corrected chi connectivity index (χ1v) is 6.13. The van der Waals surface area contributed by atoms with Crippen molar-refractivity contribution in [3.63, 3.8) is 0 Å². The molecule has 3 unspecified atom stereocenters. The predicted molar refractivity (Wildman–Crippen MR) is 58.4 cm³/mol. The lowest BCUT2D eigenvalue weighted by Crippen LogP contribution is -2.41. The molecule has 0 spiro atoms. The highest BCUT2D eigenvalue weighted by Crippen LogP contribution is 2.30. The highest BCUT2D eigenvalue weighted by molar-refractivity contribution is 4.83. The lowest BCUT2D eigenvalue weighted by molar-refractivity contribution is 0.109. The molecular weight excluding hydrogens is 174 g/mol. The number of nitrogens with one attached hydrogen (secondary N) is 1. The summed E-state index contributed by atoms with van der Waals surface area (Å²) in [5.74, 6) is 1.01. The second-order valence-corrected chi connectivity index (χ2v) is 5.07. The van der Waals surface area contributed by atoms with Gasteiger partial charge in [-0.2, -0.15) is 0 Å². The van der Waals surface area contributed by atoms with Gasteiger partial charge >= 0.3 is 0 Å². The average molecular weight is 197 g/mol. The molecule has 14 heavy (non-hydrogen) atoms. The van der Waals surface area contributed by atoms with Crippen LogP contribution in [0.4, 0.5) is 0 Å². The van der Waals surface area contributed by atoms with Crippen LogP contribution in [0.1, 0.15) is 46.0 Å². The second-order valence-electron chi connectivity index (χ2n) is 5.07. The molecule has 1 N–H and O–H groups in total. The van der Waals surface area contributed by atoms with Gasteiger partial charge in [0.2, 0.25) is 0 Å². The van der Waals surface area contributed by atoms with Crippen LogP contribution in [0.3, 0.4) is 0 Å². The van der Waals surface area contributed by atoms with E-state index in [0.717, 1.165) is 12.5 Å². The van der Waals surface area contributed by atoms with E-state index in [9.17, 15) is 0 Å². The summed E-state index contributed by atoms with van der Waals surface area (Å²) in [6.45, 7) is 5.44. The first-order valence-electron chi connectivity index (χ1n) is 6.13. The van der Waals surface area contributed by atoms with E-state index < -0.39 is 0 Å². The Morgan fingerprint density at radius 2 is 2.14 bits per heavy atom. The third-order valence-corrected chi connectivity index (χ3v) is 3.79. The van der Waals surface area contributed by atoms with Crippen molar-refractivity contribution in [3.8, 4) is 0 Å². The van der Waals surface area contributed by atoms with E-state index >= 15 is 0 Å². The van der Waals surface area contributed by atoms with Gasteiger partial charge in [-0.15, -0.1) is 0 Å². The number of hydrogen-bond donors (Lipinski definition) is 1. The minimum Gasteiger partial charge on any atom is -0.377 e. The molecule has 0 radical (unpaired) electrons. The van der Waals surface area contributed by atoms with Crippen molar-refractivity contribution >= 4 is 0 Å². The van der Waals surface area contributed by atoms with Crippen molar-refractivity contribution < 1.29 is 4.74 Å². The van der Waals surface area contributed by atoms with E-state index in [4.69, 9.17) is 4.74 Å². The molecule has 2 rings (SSSR count). The maximum absolute atomic E-state index is 5.55. The fourth-order valence-corrected chi connectivity index (χ4v) is 2.61. The molecule has 1 saturated carbocycles. The lowest BCUT2D eigenvalue weighted by atomic mass is 9.81. The fourth-order valence-electron chi connectivity index (χ4n) is 2.61. The van der Waals surface area contributed by atoms with Gasteiger partial charge in [0.15, 0.2) is 0 Å². The first-order chi connectivity index (χ1) is 6.75. The molecule has 2 fully saturated rings. The third kappa shape index (κ3) is 2.48. The van der Waals surface area contributed by atoms with Crippen LogP contribution < -0.4 is 5.32 Å². The molecule has 0 aromatic rings. The molecular formula is C12H23NO. The maximum atomic E-state index is 5.55. The molecule has 0 amide bonds. The van der Waals surface area contributed by atoms with Gasteiger partial charge in [-0.05, 0) is 32.6 Å². The molecule has 0 bridgehead atoms. The monoisotopic (exact) mass is 197 g/mol. The zero-order valence-electron chi connectivity index (χ0n) is 9.46. The zero-order chi connectivity index (χ0) is 9.97. The highest BCUT2D eigenvalue weighted by atomic mass is 16.5.